The van der Waals surface area contributed by atoms with E-state index in [-0.39, 0.29) is 37.5 Å². The summed E-state index contributed by atoms with van der Waals surface area (Å²) in [7, 11) is 0. The largest absolute Gasteiger partial charge is 0.370 e. The Bertz CT molecular complexity index is 560. The van der Waals surface area contributed by atoms with Gasteiger partial charge in [0, 0.05) is 24.3 Å². The van der Waals surface area contributed by atoms with Crippen molar-refractivity contribution in [1.29, 1.82) is 0 Å². The molecule has 0 heterocycles. The van der Waals surface area contributed by atoms with Gasteiger partial charge in [0.2, 0.25) is 11.8 Å². The van der Waals surface area contributed by atoms with Gasteiger partial charge in [0.1, 0.15) is 0 Å². The maximum atomic E-state index is 12.3. The highest BCUT2D eigenvalue weighted by atomic mass is 32.1. The number of carbonyl (C=O) groups is 3. The summed E-state index contributed by atoms with van der Waals surface area (Å²) in [5.41, 5.74) is 6.02. The molecule has 5 nitrogen and oxygen atoms in total. The van der Waals surface area contributed by atoms with E-state index in [9.17, 15) is 14.4 Å². The molecule has 0 bridgehead atoms. The van der Waals surface area contributed by atoms with Crippen molar-refractivity contribution in [3.63, 3.8) is 0 Å². The number of nitrogens with zero attached hydrogens (tertiary/aromatic N) is 1. The van der Waals surface area contributed by atoms with Crippen molar-refractivity contribution in [3.05, 3.63) is 29.8 Å². The van der Waals surface area contributed by atoms with Crippen LogP contribution in [-0.2, 0) is 20.9 Å². The van der Waals surface area contributed by atoms with E-state index in [4.69, 9.17) is 5.73 Å². The molecule has 0 spiro atoms. The van der Waals surface area contributed by atoms with E-state index >= 15 is 0 Å². The van der Waals surface area contributed by atoms with Crippen LogP contribution in [0.5, 0.6) is 0 Å². The van der Waals surface area contributed by atoms with Crippen LogP contribution in [0.2, 0.25) is 0 Å². The van der Waals surface area contributed by atoms with E-state index in [1.165, 1.54) is 11.8 Å². The third-order valence-electron chi connectivity index (χ3n) is 3.46. The van der Waals surface area contributed by atoms with Gasteiger partial charge >= 0.3 is 0 Å². The van der Waals surface area contributed by atoms with Crippen molar-refractivity contribution in [2.24, 2.45) is 5.73 Å². The van der Waals surface area contributed by atoms with E-state index in [0.29, 0.717) is 0 Å². The summed E-state index contributed by atoms with van der Waals surface area (Å²) >= 11 is 4.38. The van der Waals surface area contributed by atoms with Gasteiger partial charge in [-0.2, -0.15) is 0 Å². The molecule has 2 amide bonds. The van der Waals surface area contributed by atoms with Crippen molar-refractivity contribution in [1.82, 2.24) is 4.90 Å². The summed E-state index contributed by atoms with van der Waals surface area (Å²) in [6, 6.07) is 6.76. The van der Waals surface area contributed by atoms with Gasteiger partial charge < -0.3 is 10.6 Å². The Kier molecular flexibility index (Phi) is 7.11. The molecule has 1 rings (SSSR count). The van der Waals surface area contributed by atoms with E-state index in [0.717, 1.165) is 10.5 Å². The van der Waals surface area contributed by atoms with Gasteiger partial charge in [-0.15, -0.1) is 12.6 Å². The molecule has 6 heteroatoms. The van der Waals surface area contributed by atoms with Crippen LogP contribution >= 0.6 is 12.6 Å². The average molecular weight is 322 g/mol. The van der Waals surface area contributed by atoms with Gasteiger partial charge in [0.05, 0.1) is 6.04 Å². The number of thiol groups is 1. The standard InChI is InChI=1S/C16H22N2O3S/c1-3-16(21)18(10-12-6-4-5-7-14(12)22)13(11(2)19)8-9-15(17)20/h4-7,13,22H,3,8-10H2,1-2H3,(H2,17,20)/t13-/m0/s1. The minimum Gasteiger partial charge on any atom is -0.370 e. The van der Waals surface area contributed by atoms with Gasteiger partial charge in [-0.05, 0) is 25.0 Å². The summed E-state index contributed by atoms with van der Waals surface area (Å²) in [6.07, 6.45) is 0.598. The second-order valence-corrected chi connectivity index (χ2v) is 5.62. The average Bonchev–Trinajstić information content (AvgIpc) is 2.46. The summed E-state index contributed by atoms with van der Waals surface area (Å²) in [6.45, 7) is 3.46. The lowest BCUT2D eigenvalue weighted by Crippen LogP contribution is -2.44. The molecule has 22 heavy (non-hydrogen) atoms. The second-order valence-electron chi connectivity index (χ2n) is 5.14. The molecular formula is C16H22N2O3S. The van der Waals surface area contributed by atoms with Gasteiger partial charge in [-0.1, -0.05) is 25.1 Å². The number of ketones is 1. The minimum absolute atomic E-state index is 0.0697. The summed E-state index contributed by atoms with van der Waals surface area (Å²) in [5.74, 6) is -0.773. The van der Waals surface area contributed by atoms with E-state index < -0.39 is 11.9 Å². The first-order valence-corrected chi connectivity index (χ1v) is 7.66. The normalized spacial score (nSPS) is 11.8. The lowest BCUT2D eigenvalue weighted by molar-refractivity contribution is -0.140. The molecule has 0 saturated heterocycles. The molecule has 0 aliphatic carbocycles. The van der Waals surface area contributed by atoms with Gasteiger partial charge in [-0.3, -0.25) is 14.4 Å². The van der Waals surface area contributed by atoms with Crippen LogP contribution in [0.4, 0.5) is 0 Å². The smallest absolute Gasteiger partial charge is 0.223 e. The predicted octanol–water partition coefficient (Wildman–Crippen LogP) is 1.94. The fourth-order valence-electron chi connectivity index (χ4n) is 2.26. The maximum absolute atomic E-state index is 12.3. The number of Topliss-reactive ketones (excluding diaryl/α,β-unsaturated/α-hetero) is 1. The molecule has 0 fully saturated rings. The Labute approximate surface area is 136 Å². The zero-order chi connectivity index (χ0) is 16.7. The summed E-state index contributed by atoms with van der Waals surface area (Å²) < 4.78 is 0. The van der Waals surface area contributed by atoms with E-state index in [1.807, 2.05) is 24.3 Å². The molecular weight excluding hydrogens is 300 g/mol. The van der Waals surface area contributed by atoms with Crippen molar-refractivity contribution in [2.75, 3.05) is 0 Å². The number of rotatable bonds is 8. The molecule has 0 radical (unpaired) electrons. The molecule has 1 atom stereocenters. The van der Waals surface area contributed by atoms with Crippen LogP contribution in [0.1, 0.15) is 38.7 Å². The molecule has 0 saturated carbocycles. The van der Waals surface area contributed by atoms with Crippen LogP contribution in [-0.4, -0.2) is 28.5 Å². The molecule has 1 aromatic carbocycles. The quantitative estimate of drug-likeness (QED) is 0.718. The van der Waals surface area contributed by atoms with E-state index in [2.05, 4.69) is 12.6 Å². The first-order valence-electron chi connectivity index (χ1n) is 7.21. The number of carbonyl (C=O) groups excluding carboxylic acids is 3. The van der Waals surface area contributed by atoms with Crippen LogP contribution in [0.25, 0.3) is 0 Å². The second kappa shape index (κ2) is 8.58. The third kappa shape index (κ3) is 5.18. The third-order valence-corrected chi connectivity index (χ3v) is 3.90. The monoisotopic (exact) mass is 322 g/mol. The fraction of sp³-hybridized carbons (Fsp3) is 0.438. The lowest BCUT2D eigenvalue weighted by atomic mass is 10.0. The first kappa shape index (κ1) is 18.2. The molecule has 0 unspecified atom stereocenters. The zero-order valence-electron chi connectivity index (χ0n) is 12.9. The maximum Gasteiger partial charge on any atom is 0.223 e. The number of primary amides is 1. The Morgan fingerprint density at radius 3 is 2.41 bits per heavy atom. The van der Waals surface area contributed by atoms with Crippen molar-refractivity contribution >= 4 is 30.2 Å². The molecule has 0 aliphatic rings. The Morgan fingerprint density at radius 2 is 1.91 bits per heavy atom. The SMILES string of the molecule is CCC(=O)N(Cc1ccccc1S)[C@@H](CCC(N)=O)C(C)=O. The van der Waals surface area contributed by atoms with Gasteiger partial charge in [0.15, 0.2) is 5.78 Å². The number of hydrogen-bond acceptors (Lipinski definition) is 4. The topological polar surface area (TPSA) is 80.5 Å². The predicted molar refractivity (Wildman–Crippen MR) is 87.4 cm³/mol. The van der Waals surface area contributed by atoms with E-state index in [1.54, 1.807) is 6.92 Å². The molecule has 1 aromatic rings. The molecule has 2 N–H and O–H groups in total. The highest BCUT2D eigenvalue weighted by Gasteiger charge is 2.27. The molecule has 0 aromatic heterocycles. The zero-order valence-corrected chi connectivity index (χ0v) is 13.8. The van der Waals surface area contributed by atoms with Crippen molar-refractivity contribution < 1.29 is 14.4 Å². The lowest BCUT2D eigenvalue weighted by Gasteiger charge is -2.30. The minimum atomic E-state index is -0.645. The summed E-state index contributed by atoms with van der Waals surface area (Å²) in [4.78, 5) is 37.4. The van der Waals surface area contributed by atoms with Gasteiger partial charge in [0.25, 0.3) is 0 Å². The number of benzene rings is 1. The Balaban J connectivity index is 3.03. The van der Waals surface area contributed by atoms with Crippen LogP contribution in [0.15, 0.2) is 29.2 Å². The van der Waals surface area contributed by atoms with Gasteiger partial charge in [-0.25, -0.2) is 0 Å². The number of nitrogens with two attached hydrogens (primary N) is 1. The van der Waals surface area contributed by atoms with Crippen molar-refractivity contribution in [3.8, 4) is 0 Å². The van der Waals surface area contributed by atoms with Crippen LogP contribution in [0.3, 0.4) is 0 Å². The Morgan fingerprint density at radius 1 is 1.27 bits per heavy atom. The van der Waals surface area contributed by atoms with Crippen LogP contribution < -0.4 is 5.73 Å². The highest BCUT2D eigenvalue weighted by molar-refractivity contribution is 7.80. The molecule has 120 valence electrons. The highest BCUT2D eigenvalue weighted by Crippen LogP contribution is 2.19. The first-order chi connectivity index (χ1) is 10.4. The Hall–Kier alpha value is -1.82. The summed E-state index contributed by atoms with van der Waals surface area (Å²) in [5, 5.41) is 0. The molecule has 0 aliphatic heterocycles. The fourth-order valence-corrected chi connectivity index (χ4v) is 2.49. The number of hydrogen-bond donors (Lipinski definition) is 2. The van der Waals surface area contributed by atoms with Crippen molar-refractivity contribution in [2.45, 2.75) is 50.6 Å². The number of amides is 2. The van der Waals surface area contributed by atoms with Crippen LogP contribution in [0, 0.1) is 0 Å².